The van der Waals surface area contributed by atoms with Gasteiger partial charge in [-0.3, -0.25) is 9.48 Å². The summed E-state index contributed by atoms with van der Waals surface area (Å²) < 4.78 is 45.2. The average Bonchev–Trinajstić information content (AvgIpc) is 3.13. The second kappa shape index (κ2) is 10.3. The lowest BCUT2D eigenvalue weighted by atomic mass is 10.1. The number of aromatic nitrogens is 2. The predicted octanol–water partition coefficient (Wildman–Crippen LogP) is 5.92. The van der Waals surface area contributed by atoms with Crippen molar-refractivity contribution in [2.45, 2.75) is 32.7 Å². The summed E-state index contributed by atoms with van der Waals surface area (Å²) in [5.74, 6) is 0.150. The van der Waals surface area contributed by atoms with Gasteiger partial charge >= 0.3 is 6.18 Å². The number of hydrogen-bond acceptors (Lipinski definition) is 3. The van der Waals surface area contributed by atoms with Gasteiger partial charge in [0, 0.05) is 24.3 Å². The molecular weight excluding hydrogens is 466 g/mol. The van der Waals surface area contributed by atoms with E-state index in [-0.39, 0.29) is 19.1 Å². The van der Waals surface area contributed by atoms with Crippen LogP contribution in [0.4, 0.5) is 13.2 Å². The van der Waals surface area contributed by atoms with Gasteiger partial charge in [0.25, 0.3) is 5.91 Å². The quantitative estimate of drug-likeness (QED) is 0.403. The van der Waals surface area contributed by atoms with Gasteiger partial charge in [-0.1, -0.05) is 41.4 Å². The van der Waals surface area contributed by atoms with Crippen LogP contribution in [0.3, 0.4) is 0 Å². The van der Waals surface area contributed by atoms with E-state index >= 15 is 0 Å². The molecule has 0 aliphatic heterocycles. The molecule has 1 aromatic heterocycles. The maximum absolute atomic E-state index is 12.7. The summed E-state index contributed by atoms with van der Waals surface area (Å²) in [5.41, 5.74) is 0.701. The fourth-order valence-corrected chi connectivity index (χ4v) is 3.31. The van der Waals surface area contributed by atoms with E-state index in [1.165, 1.54) is 4.68 Å². The molecule has 3 rings (SSSR count). The van der Waals surface area contributed by atoms with E-state index in [0.29, 0.717) is 40.0 Å². The lowest BCUT2D eigenvalue weighted by Crippen LogP contribution is -2.25. The van der Waals surface area contributed by atoms with E-state index in [4.69, 9.17) is 27.9 Å². The average molecular weight is 486 g/mol. The van der Waals surface area contributed by atoms with Gasteiger partial charge in [0.1, 0.15) is 17.4 Å². The van der Waals surface area contributed by atoms with Crippen molar-refractivity contribution in [1.29, 1.82) is 0 Å². The van der Waals surface area contributed by atoms with Crippen LogP contribution in [0.2, 0.25) is 10.0 Å². The summed E-state index contributed by atoms with van der Waals surface area (Å²) in [7, 11) is 0. The van der Waals surface area contributed by atoms with Crippen LogP contribution in [0.15, 0.2) is 48.5 Å². The van der Waals surface area contributed by atoms with Crippen molar-refractivity contribution >= 4 is 29.1 Å². The first-order valence-electron chi connectivity index (χ1n) is 9.71. The highest BCUT2D eigenvalue weighted by molar-refractivity contribution is 6.42. The summed E-state index contributed by atoms with van der Waals surface area (Å²) in [4.78, 5) is 12.4. The Labute approximate surface area is 193 Å². The predicted molar refractivity (Wildman–Crippen MR) is 116 cm³/mol. The van der Waals surface area contributed by atoms with E-state index in [1.807, 2.05) is 6.07 Å². The molecule has 0 aliphatic rings. The summed E-state index contributed by atoms with van der Waals surface area (Å²) >= 11 is 12.1. The van der Waals surface area contributed by atoms with Gasteiger partial charge in [-0.2, -0.15) is 18.3 Å². The van der Waals surface area contributed by atoms with Crippen LogP contribution < -0.4 is 10.1 Å². The number of rotatable bonds is 8. The minimum Gasteiger partial charge on any atom is -0.487 e. The molecule has 170 valence electrons. The minimum atomic E-state index is -4.48. The minimum absolute atomic E-state index is 0.196. The van der Waals surface area contributed by atoms with Crippen molar-refractivity contribution in [2.24, 2.45) is 0 Å². The van der Waals surface area contributed by atoms with E-state index in [1.54, 1.807) is 43.3 Å². The molecule has 1 heterocycles. The molecule has 0 unspecified atom stereocenters. The molecule has 3 aromatic rings. The smallest absolute Gasteiger partial charge is 0.435 e. The van der Waals surface area contributed by atoms with Crippen LogP contribution in [-0.2, 0) is 19.3 Å². The Morgan fingerprint density at radius 3 is 2.62 bits per heavy atom. The zero-order valence-electron chi connectivity index (χ0n) is 17.0. The number of benzene rings is 2. The number of carbonyl (C=O) groups is 1. The molecule has 1 amide bonds. The number of aryl methyl sites for hydroxylation is 2. The SMILES string of the molecule is Cc1cc(C(F)(F)F)nn1CCCNC(=O)c1cccc(COc2cccc(Cl)c2Cl)c1. The lowest BCUT2D eigenvalue weighted by Gasteiger charge is -2.10. The standard InChI is InChI=1S/C22H20Cl2F3N3O2/c1-14-11-19(22(25,26)27)29-30(14)10-4-9-28-21(31)16-6-2-5-15(12-16)13-32-18-8-3-7-17(23)20(18)24/h2-3,5-8,11-12H,4,9-10,13H2,1H3,(H,28,31). The van der Waals surface area contributed by atoms with Crippen molar-refractivity contribution < 1.29 is 22.7 Å². The van der Waals surface area contributed by atoms with Gasteiger partial charge in [-0.25, -0.2) is 0 Å². The second-order valence-electron chi connectivity index (χ2n) is 7.04. The molecule has 5 nitrogen and oxygen atoms in total. The molecule has 0 bridgehead atoms. The molecule has 32 heavy (non-hydrogen) atoms. The van der Waals surface area contributed by atoms with Crippen molar-refractivity contribution in [3.05, 3.63) is 81.1 Å². The summed E-state index contributed by atoms with van der Waals surface area (Å²) in [6.07, 6.45) is -4.04. The van der Waals surface area contributed by atoms with E-state index in [2.05, 4.69) is 10.4 Å². The van der Waals surface area contributed by atoms with Crippen LogP contribution in [0.5, 0.6) is 5.75 Å². The van der Waals surface area contributed by atoms with Gasteiger partial charge in [0.2, 0.25) is 0 Å². The second-order valence-corrected chi connectivity index (χ2v) is 7.83. The van der Waals surface area contributed by atoms with Crippen molar-refractivity contribution in [1.82, 2.24) is 15.1 Å². The molecule has 0 radical (unpaired) electrons. The third kappa shape index (κ3) is 6.17. The number of nitrogens with one attached hydrogen (secondary N) is 1. The molecule has 0 fully saturated rings. The zero-order valence-corrected chi connectivity index (χ0v) is 18.6. The molecule has 10 heteroatoms. The molecule has 0 atom stereocenters. The monoisotopic (exact) mass is 485 g/mol. The highest BCUT2D eigenvalue weighted by atomic mass is 35.5. The van der Waals surface area contributed by atoms with Gasteiger partial charge in [0.05, 0.1) is 5.02 Å². The molecule has 2 aromatic carbocycles. The third-order valence-corrected chi connectivity index (χ3v) is 5.41. The Balaban J connectivity index is 1.50. The van der Waals surface area contributed by atoms with Gasteiger partial charge in [0.15, 0.2) is 5.69 Å². The van der Waals surface area contributed by atoms with Crippen LogP contribution in [-0.4, -0.2) is 22.2 Å². The Hall–Kier alpha value is -2.71. The Morgan fingerprint density at radius 2 is 1.91 bits per heavy atom. The van der Waals surface area contributed by atoms with Crippen LogP contribution in [0.25, 0.3) is 0 Å². The Kier molecular flexibility index (Phi) is 7.69. The third-order valence-electron chi connectivity index (χ3n) is 4.60. The molecule has 0 aliphatic carbocycles. The van der Waals surface area contributed by atoms with E-state index < -0.39 is 11.9 Å². The maximum Gasteiger partial charge on any atom is 0.435 e. The van der Waals surface area contributed by atoms with Crippen molar-refractivity contribution in [3.63, 3.8) is 0 Å². The van der Waals surface area contributed by atoms with E-state index in [0.717, 1.165) is 11.6 Å². The molecule has 1 N–H and O–H groups in total. The van der Waals surface area contributed by atoms with Crippen molar-refractivity contribution in [2.75, 3.05) is 6.54 Å². The normalized spacial score (nSPS) is 11.4. The fraction of sp³-hybridized carbons (Fsp3) is 0.273. The van der Waals surface area contributed by atoms with Gasteiger partial charge in [-0.05, 0) is 49.2 Å². The molecule has 0 saturated carbocycles. The summed E-state index contributed by atoms with van der Waals surface area (Å²) in [6, 6.07) is 13.0. The molecule has 0 spiro atoms. The largest absolute Gasteiger partial charge is 0.487 e. The van der Waals surface area contributed by atoms with E-state index in [9.17, 15) is 18.0 Å². The first-order valence-corrected chi connectivity index (χ1v) is 10.5. The maximum atomic E-state index is 12.7. The number of halogens is 5. The fourth-order valence-electron chi connectivity index (χ4n) is 2.97. The number of ether oxygens (including phenoxy) is 1. The summed E-state index contributed by atoms with van der Waals surface area (Å²) in [5, 5.41) is 7.04. The first kappa shape index (κ1) is 23.9. The molecular formula is C22H20Cl2F3N3O2. The number of amides is 1. The van der Waals surface area contributed by atoms with Crippen LogP contribution in [0, 0.1) is 6.92 Å². The lowest BCUT2D eigenvalue weighted by molar-refractivity contribution is -0.141. The number of hydrogen-bond donors (Lipinski definition) is 1. The highest BCUT2D eigenvalue weighted by Crippen LogP contribution is 2.32. The zero-order chi connectivity index (χ0) is 23.3. The van der Waals surface area contributed by atoms with Gasteiger partial charge < -0.3 is 10.1 Å². The van der Waals surface area contributed by atoms with Gasteiger partial charge in [-0.15, -0.1) is 0 Å². The molecule has 0 saturated heterocycles. The van der Waals surface area contributed by atoms with Crippen LogP contribution in [0.1, 0.15) is 33.7 Å². The topological polar surface area (TPSA) is 56.2 Å². The summed E-state index contributed by atoms with van der Waals surface area (Å²) in [6.45, 7) is 2.31. The van der Waals surface area contributed by atoms with Crippen molar-refractivity contribution in [3.8, 4) is 5.75 Å². The Morgan fingerprint density at radius 1 is 1.16 bits per heavy atom. The number of nitrogens with zero attached hydrogens (tertiary/aromatic N) is 2. The highest BCUT2D eigenvalue weighted by Gasteiger charge is 2.34. The first-order chi connectivity index (χ1) is 15.1. The Bertz CT molecular complexity index is 1100. The number of carbonyl (C=O) groups excluding carboxylic acids is 1. The van der Waals surface area contributed by atoms with Crippen LogP contribution >= 0.6 is 23.2 Å². The number of alkyl halides is 3.